The van der Waals surface area contributed by atoms with E-state index in [0.717, 1.165) is 0 Å². The Kier molecular flexibility index (Phi) is 6.15. The summed E-state index contributed by atoms with van der Waals surface area (Å²) in [5, 5.41) is 10.3. The molecule has 1 amide bonds. The summed E-state index contributed by atoms with van der Waals surface area (Å²) in [7, 11) is 1.29. The van der Waals surface area contributed by atoms with Gasteiger partial charge in [0.15, 0.2) is 11.6 Å². The van der Waals surface area contributed by atoms with Gasteiger partial charge in [-0.25, -0.2) is 9.18 Å². The van der Waals surface area contributed by atoms with Crippen LogP contribution in [-0.4, -0.2) is 35.0 Å². The van der Waals surface area contributed by atoms with E-state index in [0.29, 0.717) is 28.1 Å². The highest BCUT2D eigenvalue weighted by Crippen LogP contribution is 2.43. The van der Waals surface area contributed by atoms with Gasteiger partial charge in [-0.05, 0) is 41.7 Å². The maximum Gasteiger partial charge on any atom is 0.326 e. The summed E-state index contributed by atoms with van der Waals surface area (Å²) in [6.45, 7) is 0. The van der Waals surface area contributed by atoms with Gasteiger partial charge in [0.05, 0.1) is 18.7 Å². The number of hydrogen-bond donors (Lipinski definition) is 1. The number of nitrogens with zero attached hydrogens (tertiary/aromatic N) is 1. The highest BCUT2D eigenvalue weighted by molar-refractivity contribution is 6.31. The van der Waals surface area contributed by atoms with Crippen molar-refractivity contribution in [1.29, 1.82) is 0 Å². The molecular weight excluding hydrogens is 433 g/mol. The van der Waals surface area contributed by atoms with Gasteiger partial charge >= 0.3 is 5.97 Å². The lowest BCUT2D eigenvalue weighted by Gasteiger charge is -2.30. The third kappa shape index (κ3) is 3.82. The number of amides is 1. The second-order valence-electron chi connectivity index (χ2n) is 7.55. The molecule has 2 atom stereocenters. The summed E-state index contributed by atoms with van der Waals surface area (Å²) < 4.78 is 20.0. The van der Waals surface area contributed by atoms with Gasteiger partial charge < -0.3 is 14.7 Å². The Morgan fingerprint density at radius 2 is 1.72 bits per heavy atom. The quantitative estimate of drug-likeness (QED) is 0.547. The van der Waals surface area contributed by atoms with Crippen LogP contribution in [0.3, 0.4) is 0 Å². The predicted octanol–water partition coefficient (Wildman–Crippen LogP) is 5.59. The van der Waals surface area contributed by atoms with Crippen molar-refractivity contribution in [2.24, 2.45) is 0 Å². The lowest BCUT2D eigenvalue weighted by atomic mass is 9.96. The molecule has 1 heterocycles. The second kappa shape index (κ2) is 9.01. The summed E-state index contributed by atoms with van der Waals surface area (Å²) in [5.74, 6) is -2.65. The number of aliphatic carboxylic acids is 1. The Balaban J connectivity index is 1.90. The zero-order chi connectivity index (χ0) is 22.8. The minimum Gasteiger partial charge on any atom is -0.493 e. The van der Waals surface area contributed by atoms with Gasteiger partial charge in [0, 0.05) is 5.02 Å². The van der Waals surface area contributed by atoms with Gasteiger partial charge in [-0.3, -0.25) is 4.79 Å². The Morgan fingerprint density at radius 1 is 1.03 bits per heavy atom. The maximum atomic E-state index is 14.7. The third-order valence-electron chi connectivity index (χ3n) is 5.78. The number of hydrogen-bond acceptors (Lipinski definition) is 3. The number of carbonyl (C=O) groups is 2. The number of halogens is 2. The number of carbonyl (C=O) groups excluding carboxylic acids is 1. The van der Waals surface area contributed by atoms with Gasteiger partial charge in [0.2, 0.25) is 0 Å². The van der Waals surface area contributed by atoms with E-state index in [-0.39, 0.29) is 17.7 Å². The van der Waals surface area contributed by atoms with E-state index in [1.807, 2.05) is 18.2 Å². The maximum absolute atomic E-state index is 14.7. The molecule has 0 aromatic heterocycles. The fourth-order valence-electron chi connectivity index (χ4n) is 4.34. The molecule has 5 nitrogen and oxygen atoms in total. The van der Waals surface area contributed by atoms with Crippen LogP contribution in [0.25, 0.3) is 11.1 Å². The molecule has 1 fully saturated rings. The highest BCUT2D eigenvalue weighted by atomic mass is 35.5. The lowest BCUT2D eigenvalue weighted by Crippen LogP contribution is -2.42. The Bertz CT molecular complexity index is 1170. The molecule has 0 aliphatic carbocycles. The average molecular weight is 454 g/mol. The number of methoxy groups -OCH3 is 1. The molecule has 3 aromatic carbocycles. The predicted molar refractivity (Wildman–Crippen MR) is 119 cm³/mol. The van der Waals surface area contributed by atoms with Crippen molar-refractivity contribution in [2.75, 3.05) is 7.11 Å². The number of likely N-dealkylation sites (tertiary alicyclic amines) is 1. The Hall–Kier alpha value is -3.38. The van der Waals surface area contributed by atoms with E-state index in [2.05, 4.69) is 0 Å². The molecular formula is C25H21ClFNO4. The van der Waals surface area contributed by atoms with Crippen LogP contribution in [0.15, 0.2) is 66.7 Å². The minimum atomic E-state index is -1.12. The number of rotatable bonds is 5. The third-order valence-corrected chi connectivity index (χ3v) is 6.13. The summed E-state index contributed by atoms with van der Waals surface area (Å²) in [5.41, 5.74) is 1.80. The summed E-state index contributed by atoms with van der Waals surface area (Å²) in [6, 6.07) is 17.2. The van der Waals surface area contributed by atoms with Crippen molar-refractivity contribution < 1.29 is 23.8 Å². The molecule has 0 saturated carbocycles. The first kappa shape index (κ1) is 21.8. The van der Waals surface area contributed by atoms with Crippen molar-refractivity contribution in [2.45, 2.75) is 24.9 Å². The molecule has 4 rings (SSSR count). The van der Waals surface area contributed by atoms with Crippen molar-refractivity contribution >= 4 is 23.5 Å². The van der Waals surface area contributed by atoms with Crippen LogP contribution in [0.2, 0.25) is 5.02 Å². The van der Waals surface area contributed by atoms with Crippen LogP contribution in [0.4, 0.5) is 4.39 Å². The van der Waals surface area contributed by atoms with E-state index in [1.165, 1.54) is 24.1 Å². The topological polar surface area (TPSA) is 66.8 Å². The molecule has 1 saturated heterocycles. The van der Waals surface area contributed by atoms with Crippen LogP contribution in [0.5, 0.6) is 5.75 Å². The van der Waals surface area contributed by atoms with E-state index in [9.17, 15) is 19.1 Å². The smallest absolute Gasteiger partial charge is 0.326 e. The number of ether oxygens (including phenoxy) is 1. The van der Waals surface area contributed by atoms with Crippen LogP contribution in [0, 0.1) is 5.82 Å². The van der Waals surface area contributed by atoms with E-state index < -0.39 is 29.8 Å². The van der Waals surface area contributed by atoms with E-state index in [4.69, 9.17) is 16.3 Å². The van der Waals surface area contributed by atoms with Crippen LogP contribution in [0.1, 0.15) is 34.8 Å². The van der Waals surface area contributed by atoms with Crippen LogP contribution >= 0.6 is 11.6 Å². The molecule has 0 radical (unpaired) electrons. The monoisotopic (exact) mass is 453 g/mol. The molecule has 0 bridgehead atoms. The van der Waals surface area contributed by atoms with Crippen molar-refractivity contribution in [3.05, 3.63) is 88.7 Å². The minimum absolute atomic E-state index is 0.0103. The van der Waals surface area contributed by atoms with E-state index in [1.54, 1.807) is 36.4 Å². The average Bonchev–Trinajstić information content (AvgIpc) is 3.24. The molecule has 2 unspecified atom stereocenters. The zero-order valence-electron chi connectivity index (χ0n) is 17.3. The molecule has 164 valence electrons. The molecule has 0 spiro atoms. The Morgan fingerprint density at radius 3 is 2.38 bits per heavy atom. The normalized spacial score (nSPS) is 17.9. The highest BCUT2D eigenvalue weighted by Gasteiger charge is 2.44. The molecule has 32 heavy (non-hydrogen) atoms. The molecule has 7 heteroatoms. The molecule has 1 aliphatic rings. The van der Waals surface area contributed by atoms with Gasteiger partial charge in [0.1, 0.15) is 6.04 Å². The summed E-state index contributed by atoms with van der Waals surface area (Å²) in [6.07, 6.45) is 0.681. The first-order valence-electron chi connectivity index (χ1n) is 10.2. The first-order chi connectivity index (χ1) is 15.4. The van der Waals surface area contributed by atoms with Crippen LogP contribution in [-0.2, 0) is 4.79 Å². The summed E-state index contributed by atoms with van der Waals surface area (Å²) >= 11 is 6.39. The molecule has 1 N–H and O–H groups in total. The van der Waals surface area contributed by atoms with Gasteiger partial charge in [0.25, 0.3) is 5.91 Å². The fourth-order valence-corrected chi connectivity index (χ4v) is 4.61. The largest absolute Gasteiger partial charge is 0.493 e. The molecule has 1 aliphatic heterocycles. The van der Waals surface area contributed by atoms with Crippen molar-refractivity contribution in [3.8, 4) is 16.9 Å². The SMILES string of the molecule is COc1c(F)ccc(-c2ccccc2)c1C(=O)N1C(C(=O)O)CCC1c1ccccc1Cl. The summed E-state index contributed by atoms with van der Waals surface area (Å²) in [4.78, 5) is 27.3. The van der Waals surface area contributed by atoms with E-state index >= 15 is 0 Å². The second-order valence-corrected chi connectivity index (χ2v) is 7.96. The van der Waals surface area contributed by atoms with Gasteiger partial charge in [-0.2, -0.15) is 0 Å². The number of carboxylic acid groups (broad SMARTS) is 1. The van der Waals surface area contributed by atoms with Gasteiger partial charge in [-0.1, -0.05) is 66.2 Å². The van der Waals surface area contributed by atoms with Crippen LogP contribution < -0.4 is 4.74 Å². The standard InChI is InChI=1S/C25H21ClFNO4/c1-32-23-19(27)12-11-16(15-7-3-2-4-8-15)22(23)24(29)28-20(13-14-21(28)25(30)31)17-9-5-6-10-18(17)26/h2-12,20-21H,13-14H2,1H3,(H,30,31). The number of carboxylic acids is 1. The van der Waals surface area contributed by atoms with Gasteiger partial charge in [-0.15, -0.1) is 0 Å². The molecule has 3 aromatic rings. The zero-order valence-corrected chi connectivity index (χ0v) is 18.1. The fraction of sp³-hybridized carbons (Fsp3) is 0.200. The number of benzene rings is 3. The van der Waals surface area contributed by atoms with Crippen molar-refractivity contribution in [1.82, 2.24) is 4.90 Å². The first-order valence-corrected chi connectivity index (χ1v) is 10.5. The lowest BCUT2D eigenvalue weighted by molar-refractivity contribution is -0.141. The Labute approximate surface area is 190 Å². The van der Waals surface area contributed by atoms with Crippen molar-refractivity contribution in [3.63, 3.8) is 0 Å².